The van der Waals surface area contributed by atoms with Crippen molar-refractivity contribution in [2.75, 3.05) is 19.0 Å². The molecule has 0 atom stereocenters. The molecule has 1 fully saturated rings. The van der Waals surface area contributed by atoms with Gasteiger partial charge in [0.05, 0.1) is 7.11 Å². The number of anilines is 1. The van der Waals surface area contributed by atoms with E-state index in [0.29, 0.717) is 11.4 Å². The third-order valence-electron chi connectivity index (χ3n) is 5.24. The molecule has 0 unspecified atom stereocenters. The average molecular weight is 441 g/mol. The molecule has 33 heavy (non-hydrogen) atoms. The van der Waals surface area contributed by atoms with Crippen LogP contribution in [-0.2, 0) is 9.59 Å². The van der Waals surface area contributed by atoms with Gasteiger partial charge in [0.2, 0.25) is 5.91 Å². The van der Waals surface area contributed by atoms with Crippen molar-refractivity contribution in [1.29, 1.82) is 0 Å². The Bertz CT molecular complexity index is 1210. The number of rotatable bonds is 6. The minimum absolute atomic E-state index is 0.125. The Labute approximate surface area is 191 Å². The van der Waals surface area contributed by atoms with Crippen LogP contribution in [-0.4, -0.2) is 36.4 Å². The van der Waals surface area contributed by atoms with Crippen LogP contribution >= 0.6 is 0 Å². The first kappa shape index (κ1) is 21.8. The Morgan fingerprint density at radius 1 is 0.939 bits per heavy atom. The lowest BCUT2D eigenvalue weighted by molar-refractivity contribution is -0.127. The molecule has 3 aromatic rings. The molecule has 166 valence electrons. The lowest BCUT2D eigenvalue weighted by Gasteiger charge is -2.12. The molecule has 1 heterocycles. The molecule has 7 heteroatoms. The van der Waals surface area contributed by atoms with E-state index in [1.807, 2.05) is 31.2 Å². The fraction of sp³-hybridized carbons (Fsp3) is 0.115. The first-order chi connectivity index (χ1) is 15.9. The average Bonchev–Trinajstić information content (AvgIpc) is 3.08. The molecule has 2 N–H and O–H groups in total. The van der Waals surface area contributed by atoms with E-state index in [4.69, 9.17) is 4.74 Å². The molecular weight excluding hydrogens is 418 g/mol. The number of aryl methyl sites for hydroxylation is 1. The summed E-state index contributed by atoms with van der Waals surface area (Å²) in [6, 6.07) is 22.0. The summed E-state index contributed by atoms with van der Waals surface area (Å²) in [4.78, 5) is 38.2. The van der Waals surface area contributed by atoms with Gasteiger partial charge in [-0.1, -0.05) is 54.1 Å². The quantitative estimate of drug-likeness (QED) is 0.443. The zero-order valence-corrected chi connectivity index (χ0v) is 18.3. The number of carbonyl (C=O) groups is 3. The molecule has 0 aromatic heterocycles. The number of hydrogen-bond donors (Lipinski definition) is 2. The summed E-state index contributed by atoms with van der Waals surface area (Å²) in [6.07, 6.45) is 1.60. The van der Waals surface area contributed by atoms with Gasteiger partial charge in [0.15, 0.2) is 0 Å². The molecule has 1 aliphatic heterocycles. The molecule has 0 radical (unpaired) electrons. The summed E-state index contributed by atoms with van der Waals surface area (Å²) < 4.78 is 5.08. The van der Waals surface area contributed by atoms with E-state index < -0.39 is 17.8 Å². The smallest absolute Gasteiger partial charge is 0.329 e. The molecule has 0 aliphatic carbocycles. The number of hydrogen-bond acceptors (Lipinski definition) is 4. The third kappa shape index (κ3) is 5.10. The molecule has 3 aromatic carbocycles. The van der Waals surface area contributed by atoms with Gasteiger partial charge in [-0.05, 0) is 54.0 Å². The SMILES string of the molecule is COc1ccc(NC(=O)CN2C(=O)N/C(=C\c3ccc(-c4ccc(C)cc4)cc3)C2=O)cc1. The molecule has 4 rings (SSSR count). The molecule has 4 amide bonds. The molecule has 0 saturated carbocycles. The number of carbonyl (C=O) groups excluding carboxylic acids is 3. The van der Waals surface area contributed by atoms with Crippen molar-refractivity contribution in [2.45, 2.75) is 6.92 Å². The van der Waals surface area contributed by atoms with Gasteiger partial charge in [0.1, 0.15) is 18.0 Å². The Morgan fingerprint density at radius 3 is 2.15 bits per heavy atom. The normalized spacial score (nSPS) is 14.4. The highest BCUT2D eigenvalue weighted by Gasteiger charge is 2.34. The van der Waals surface area contributed by atoms with Crippen molar-refractivity contribution in [1.82, 2.24) is 10.2 Å². The van der Waals surface area contributed by atoms with Gasteiger partial charge in [-0.3, -0.25) is 9.59 Å². The second-order valence-corrected chi connectivity index (χ2v) is 7.64. The van der Waals surface area contributed by atoms with Crippen LogP contribution in [0.4, 0.5) is 10.5 Å². The Morgan fingerprint density at radius 2 is 1.55 bits per heavy atom. The van der Waals surface area contributed by atoms with Crippen molar-refractivity contribution in [2.24, 2.45) is 0 Å². The standard InChI is InChI=1S/C26H23N3O4/c1-17-3-7-19(8-4-17)20-9-5-18(6-10-20)15-23-25(31)29(26(32)28-23)16-24(30)27-21-11-13-22(33-2)14-12-21/h3-15H,16H2,1-2H3,(H,27,30)(H,28,32)/b23-15-. The Kier molecular flexibility index (Phi) is 6.22. The van der Waals surface area contributed by atoms with Gasteiger partial charge in [-0.15, -0.1) is 0 Å². The first-order valence-corrected chi connectivity index (χ1v) is 10.4. The number of nitrogens with one attached hydrogen (secondary N) is 2. The van der Waals surface area contributed by atoms with Gasteiger partial charge in [-0.2, -0.15) is 0 Å². The number of benzene rings is 3. The van der Waals surface area contributed by atoms with E-state index in [9.17, 15) is 14.4 Å². The van der Waals surface area contributed by atoms with Crippen LogP contribution in [0.2, 0.25) is 0 Å². The summed E-state index contributed by atoms with van der Waals surface area (Å²) in [6.45, 7) is 1.65. The zero-order chi connectivity index (χ0) is 23.4. The third-order valence-corrected chi connectivity index (χ3v) is 5.24. The van der Waals surface area contributed by atoms with Crippen molar-refractivity contribution >= 4 is 29.6 Å². The lowest BCUT2D eigenvalue weighted by Crippen LogP contribution is -2.38. The van der Waals surface area contributed by atoms with Gasteiger partial charge in [0.25, 0.3) is 5.91 Å². The fourth-order valence-electron chi connectivity index (χ4n) is 3.42. The maximum absolute atomic E-state index is 12.7. The fourth-order valence-corrected chi connectivity index (χ4v) is 3.42. The molecule has 7 nitrogen and oxygen atoms in total. The van der Waals surface area contributed by atoms with E-state index in [-0.39, 0.29) is 12.2 Å². The highest BCUT2D eigenvalue weighted by atomic mass is 16.5. The predicted octanol–water partition coefficient (Wildman–Crippen LogP) is 4.20. The maximum Gasteiger partial charge on any atom is 0.329 e. The van der Waals surface area contributed by atoms with Crippen LogP contribution in [0.3, 0.4) is 0 Å². The Balaban J connectivity index is 1.41. The Hall–Kier alpha value is -4.39. The van der Waals surface area contributed by atoms with E-state index in [1.54, 1.807) is 37.5 Å². The van der Waals surface area contributed by atoms with Crippen LogP contribution in [0.1, 0.15) is 11.1 Å². The molecular formula is C26H23N3O4. The first-order valence-electron chi connectivity index (χ1n) is 10.4. The summed E-state index contributed by atoms with van der Waals surface area (Å²) in [5.41, 5.74) is 4.77. The monoisotopic (exact) mass is 441 g/mol. The minimum atomic E-state index is -0.632. The predicted molar refractivity (Wildman–Crippen MR) is 126 cm³/mol. The van der Waals surface area contributed by atoms with Crippen LogP contribution in [0.15, 0.2) is 78.5 Å². The van der Waals surface area contributed by atoms with Gasteiger partial charge in [-0.25, -0.2) is 9.69 Å². The molecule has 1 saturated heterocycles. The minimum Gasteiger partial charge on any atom is -0.497 e. The number of nitrogens with zero attached hydrogens (tertiary/aromatic N) is 1. The number of ether oxygens (including phenoxy) is 1. The zero-order valence-electron chi connectivity index (χ0n) is 18.3. The summed E-state index contributed by atoms with van der Waals surface area (Å²) in [5.74, 6) is -0.372. The number of amides is 4. The lowest BCUT2D eigenvalue weighted by atomic mass is 10.0. The largest absolute Gasteiger partial charge is 0.497 e. The van der Waals surface area contributed by atoms with Gasteiger partial charge < -0.3 is 15.4 Å². The van der Waals surface area contributed by atoms with Crippen LogP contribution in [0.25, 0.3) is 17.2 Å². The second-order valence-electron chi connectivity index (χ2n) is 7.64. The van der Waals surface area contributed by atoms with Crippen LogP contribution < -0.4 is 15.4 Å². The van der Waals surface area contributed by atoms with Crippen LogP contribution in [0.5, 0.6) is 5.75 Å². The van der Waals surface area contributed by atoms with Crippen LogP contribution in [0, 0.1) is 6.92 Å². The van der Waals surface area contributed by atoms with E-state index in [0.717, 1.165) is 21.6 Å². The summed E-state index contributed by atoms with van der Waals surface area (Å²) in [5, 5.41) is 5.20. The highest BCUT2D eigenvalue weighted by molar-refractivity contribution is 6.15. The highest BCUT2D eigenvalue weighted by Crippen LogP contribution is 2.22. The second kappa shape index (κ2) is 9.40. The molecule has 0 spiro atoms. The number of imide groups is 1. The van der Waals surface area contributed by atoms with Crippen molar-refractivity contribution in [3.05, 3.63) is 89.6 Å². The summed E-state index contributed by atoms with van der Waals surface area (Å²) >= 11 is 0. The van der Waals surface area contributed by atoms with Crippen molar-refractivity contribution in [3.63, 3.8) is 0 Å². The summed E-state index contributed by atoms with van der Waals surface area (Å²) in [7, 11) is 1.55. The number of urea groups is 1. The van der Waals surface area contributed by atoms with E-state index >= 15 is 0 Å². The molecule has 1 aliphatic rings. The van der Waals surface area contributed by atoms with E-state index in [1.165, 1.54) is 5.56 Å². The number of methoxy groups -OCH3 is 1. The van der Waals surface area contributed by atoms with E-state index in [2.05, 4.69) is 34.9 Å². The van der Waals surface area contributed by atoms with Gasteiger partial charge >= 0.3 is 6.03 Å². The molecule has 0 bridgehead atoms. The van der Waals surface area contributed by atoms with Crippen molar-refractivity contribution in [3.8, 4) is 16.9 Å². The maximum atomic E-state index is 12.7. The van der Waals surface area contributed by atoms with Gasteiger partial charge in [0, 0.05) is 5.69 Å². The van der Waals surface area contributed by atoms with Crippen molar-refractivity contribution < 1.29 is 19.1 Å². The topological polar surface area (TPSA) is 87.7 Å².